The van der Waals surface area contributed by atoms with Gasteiger partial charge in [-0.3, -0.25) is 9.59 Å². The summed E-state index contributed by atoms with van der Waals surface area (Å²) < 4.78 is 13.1. The minimum Gasteiger partial charge on any atom is -0.365 e. The van der Waals surface area contributed by atoms with Crippen molar-refractivity contribution in [2.24, 2.45) is 5.73 Å². The van der Waals surface area contributed by atoms with Gasteiger partial charge in [-0.15, -0.1) is 0 Å². The summed E-state index contributed by atoms with van der Waals surface area (Å²) in [4.78, 5) is 26.0. The molecule has 0 saturated heterocycles. The van der Waals surface area contributed by atoms with E-state index in [9.17, 15) is 14.0 Å². The van der Waals surface area contributed by atoms with E-state index in [1.165, 1.54) is 23.9 Å². The van der Waals surface area contributed by atoms with Crippen LogP contribution in [0.25, 0.3) is 0 Å². The molecule has 2 rings (SSSR count). The molecule has 1 heterocycles. The lowest BCUT2D eigenvalue weighted by Crippen LogP contribution is -2.42. The van der Waals surface area contributed by atoms with Crippen molar-refractivity contribution in [3.63, 3.8) is 0 Å². The molecular weight excluding hydrogens is 397 g/mol. The second kappa shape index (κ2) is 8.53. The summed E-state index contributed by atoms with van der Waals surface area (Å²) in [7, 11) is 0. The largest absolute Gasteiger partial charge is 0.365 e. The summed E-state index contributed by atoms with van der Waals surface area (Å²) in [6.07, 6.45) is 1.13. The summed E-state index contributed by atoms with van der Waals surface area (Å²) in [6.45, 7) is 2.24. The highest BCUT2D eigenvalue weighted by atomic mass is 79.9. The van der Waals surface area contributed by atoms with Crippen molar-refractivity contribution in [1.29, 1.82) is 0 Å². The minimum atomic E-state index is -0.515. The van der Waals surface area contributed by atoms with E-state index >= 15 is 0 Å². The van der Waals surface area contributed by atoms with Crippen molar-refractivity contribution >= 4 is 39.5 Å². The molecule has 2 amide bonds. The molecule has 0 radical (unpaired) electrons. The summed E-state index contributed by atoms with van der Waals surface area (Å²) in [5.41, 5.74) is 6.61. The van der Waals surface area contributed by atoms with E-state index < -0.39 is 11.4 Å². The number of alkyl halides is 1. The first-order valence-electron chi connectivity index (χ1n) is 7.46. The van der Waals surface area contributed by atoms with Gasteiger partial charge in [-0.25, -0.2) is 4.39 Å². The van der Waals surface area contributed by atoms with Gasteiger partial charge in [0.1, 0.15) is 5.82 Å². The van der Waals surface area contributed by atoms with Crippen LogP contribution in [0.1, 0.15) is 25.3 Å². The molecule has 1 aliphatic heterocycles. The van der Waals surface area contributed by atoms with Gasteiger partial charge in [0.25, 0.3) is 5.91 Å². The molecule has 1 aromatic rings. The first-order chi connectivity index (χ1) is 11.4. The maximum Gasteiger partial charge on any atom is 0.257 e. The van der Waals surface area contributed by atoms with E-state index in [4.69, 9.17) is 5.73 Å². The Labute approximate surface area is 153 Å². The molecule has 1 aromatic carbocycles. The SMILES string of the molecule is CC1=C(C(N)=O)SC(NC(=O)CCCBr)N1Cc1ccc(F)cc1. The maximum atomic E-state index is 13.1. The van der Waals surface area contributed by atoms with E-state index in [1.54, 1.807) is 19.1 Å². The Morgan fingerprint density at radius 3 is 2.62 bits per heavy atom. The van der Waals surface area contributed by atoms with E-state index in [2.05, 4.69) is 21.2 Å². The molecule has 3 N–H and O–H groups in total. The quantitative estimate of drug-likeness (QED) is 0.671. The Hall–Kier alpha value is -1.54. The number of allylic oxidation sites excluding steroid dienone is 1. The van der Waals surface area contributed by atoms with Crippen LogP contribution < -0.4 is 11.1 Å². The number of benzene rings is 1. The van der Waals surface area contributed by atoms with E-state index in [1.807, 2.05) is 4.90 Å². The Kier molecular flexibility index (Phi) is 6.68. The van der Waals surface area contributed by atoms with Crippen molar-refractivity contribution in [2.75, 3.05) is 5.33 Å². The fraction of sp³-hybridized carbons (Fsp3) is 0.375. The number of nitrogens with zero attached hydrogens (tertiary/aromatic N) is 1. The number of nitrogens with two attached hydrogens (primary N) is 1. The minimum absolute atomic E-state index is 0.0884. The number of primary amides is 1. The van der Waals surface area contributed by atoms with Gasteiger partial charge in [0.05, 0.1) is 4.91 Å². The van der Waals surface area contributed by atoms with Gasteiger partial charge in [0.2, 0.25) is 5.91 Å². The van der Waals surface area contributed by atoms with Crippen LogP contribution in [0.5, 0.6) is 0 Å². The van der Waals surface area contributed by atoms with Crippen LogP contribution in [0.2, 0.25) is 0 Å². The summed E-state index contributed by atoms with van der Waals surface area (Å²) in [5.74, 6) is -0.910. The van der Waals surface area contributed by atoms with Crippen molar-refractivity contribution in [3.05, 3.63) is 46.2 Å². The van der Waals surface area contributed by atoms with Crippen LogP contribution in [0.4, 0.5) is 4.39 Å². The molecule has 1 unspecified atom stereocenters. The van der Waals surface area contributed by atoms with E-state index in [0.717, 1.165) is 17.3 Å². The zero-order valence-electron chi connectivity index (χ0n) is 13.2. The zero-order chi connectivity index (χ0) is 17.7. The van der Waals surface area contributed by atoms with Crippen LogP contribution in [-0.4, -0.2) is 27.5 Å². The molecule has 1 aliphatic rings. The number of thioether (sulfide) groups is 1. The normalized spacial score (nSPS) is 17.3. The first kappa shape index (κ1) is 18.8. The molecule has 0 bridgehead atoms. The fourth-order valence-corrected chi connectivity index (χ4v) is 3.79. The third kappa shape index (κ3) is 4.73. The van der Waals surface area contributed by atoms with Gasteiger partial charge in [0, 0.05) is 24.0 Å². The monoisotopic (exact) mass is 415 g/mol. The molecule has 1 atom stereocenters. The Morgan fingerprint density at radius 2 is 2.04 bits per heavy atom. The van der Waals surface area contributed by atoms with Crippen LogP contribution in [0, 0.1) is 5.82 Å². The molecule has 24 heavy (non-hydrogen) atoms. The van der Waals surface area contributed by atoms with Crippen LogP contribution >= 0.6 is 27.7 Å². The highest BCUT2D eigenvalue weighted by Crippen LogP contribution is 2.37. The summed E-state index contributed by atoms with van der Waals surface area (Å²) in [6, 6.07) is 6.13. The van der Waals surface area contributed by atoms with Crippen molar-refractivity contribution in [1.82, 2.24) is 10.2 Å². The van der Waals surface area contributed by atoms with Crippen molar-refractivity contribution in [2.45, 2.75) is 31.8 Å². The lowest BCUT2D eigenvalue weighted by molar-refractivity contribution is -0.122. The zero-order valence-corrected chi connectivity index (χ0v) is 15.6. The summed E-state index contributed by atoms with van der Waals surface area (Å²) >= 11 is 4.53. The third-order valence-corrected chi connectivity index (χ3v) is 5.47. The Bertz CT molecular complexity index is 651. The molecular formula is C16H19BrFN3O2S. The van der Waals surface area contributed by atoms with Gasteiger partial charge >= 0.3 is 0 Å². The number of carbonyl (C=O) groups is 2. The average Bonchev–Trinajstić information content (AvgIpc) is 2.84. The van der Waals surface area contributed by atoms with Crippen LogP contribution in [-0.2, 0) is 16.1 Å². The van der Waals surface area contributed by atoms with Gasteiger partial charge < -0.3 is 16.0 Å². The molecule has 8 heteroatoms. The molecule has 130 valence electrons. The maximum absolute atomic E-state index is 13.1. The lowest BCUT2D eigenvalue weighted by Gasteiger charge is -2.28. The van der Waals surface area contributed by atoms with Gasteiger partial charge in [0.15, 0.2) is 5.50 Å². The highest BCUT2D eigenvalue weighted by molar-refractivity contribution is 9.09. The topological polar surface area (TPSA) is 75.4 Å². The highest BCUT2D eigenvalue weighted by Gasteiger charge is 2.33. The number of amides is 2. The van der Waals surface area contributed by atoms with Crippen molar-refractivity contribution < 1.29 is 14.0 Å². The standard InChI is InChI=1S/C16H19BrFN3O2S/c1-10-14(15(19)23)24-16(20-13(22)3-2-8-17)21(10)9-11-4-6-12(18)7-5-11/h4-7,16H,2-3,8-9H2,1H3,(H2,19,23)(H,20,22). The Balaban J connectivity index is 2.15. The third-order valence-electron chi connectivity index (χ3n) is 3.58. The second-order valence-electron chi connectivity index (χ2n) is 5.36. The number of hydrogen-bond donors (Lipinski definition) is 2. The molecule has 0 spiro atoms. The van der Waals surface area contributed by atoms with E-state index in [0.29, 0.717) is 23.6 Å². The summed E-state index contributed by atoms with van der Waals surface area (Å²) in [5, 5.41) is 3.67. The van der Waals surface area contributed by atoms with Gasteiger partial charge in [-0.05, 0) is 31.0 Å². The number of nitrogens with one attached hydrogen (secondary N) is 1. The molecule has 0 aromatic heterocycles. The van der Waals surface area contributed by atoms with Crippen LogP contribution in [0.3, 0.4) is 0 Å². The first-order valence-corrected chi connectivity index (χ1v) is 9.46. The van der Waals surface area contributed by atoms with Gasteiger partial charge in [-0.2, -0.15) is 0 Å². The molecule has 0 fully saturated rings. The predicted molar refractivity (Wildman–Crippen MR) is 96.4 cm³/mol. The average molecular weight is 416 g/mol. The smallest absolute Gasteiger partial charge is 0.257 e. The van der Waals surface area contributed by atoms with Crippen molar-refractivity contribution in [3.8, 4) is 0 Å². The Morgan fingerprint density at radius 1 is 1.38 bits per heavy atom. The van der Waals surface area contributed by atoms with Crippen LogP contribution in [0.15, 0.2) is 34.9 Å². The molecule has 5 nitrogen and oxygen atoms in total. The predicted octanol–water partition coefficient (Wildman–Crippen LogP) is 2.67. The molecule has 0 saturated carbocycles. The fourth-order valence-electron chi connectivity index (χ4n) is 2.34. The number of rotatable bonds is 7. The number of halogens is 2. The second-order valence-corrected chi connectivity index (χ2v) is 7.25. The molecule has 0 aliphatic carbocycles. The van der Waals surface area contributed by atoms with E-state index in [-0.39, 0.29) is 11.7 Å². The number of hydrogen-bond acceptors (Lipinski definition) is 4. The number of carbonyl (C=O) groups excluding carboxylic acids is 2. The van der Waals surface area contributed by atoms with Gasteiger partial charge in [-0.1, -0.05) is 39.8 Å². The lowest BCUT2D eigenvalue weighted by atomic mass is 10.2.